The molecule has 35 heavy (non-hydrogen) atoms. The van der Waals surface area contributed by atoms with Crippen molar-refractivity contribution < 1.29 is 23.1 Å². The molecule has 0 spiro atoms. The summed E-state index contributed by atoms with van der Waals surface area (Å²) in [6.45, 7) is 0.672. The molecule has 6 nitrogen and oxygen atoms in total. The van der Waals surface area contributed by atoms with Crippen LogP contribution in [0, 0.1) is 0 Å². The summed E-state index contributed by atoms with van der Waals surface area (Å²) in [7, 11) is 1.78. The van der Waals surface area contributed by atoms with Crippen LogP contribution < -0.4 is 0 Å². The van der Waals surface area contributed by atoms with Crippen LogP contribution in [0.2, 0.25) is 4.47 Å². The van der Waals surface area contributed by atoms with E-state index in [-0.39, 0.29) is 11.1 Å². The number of allylic oxidation sites excluding steroid dienone is 1. The normalized spacial score (nSPS) is 18.2. The van der Waals surface area contributed by atoms with Gasteiger partial charge in [0.1, 0.15) is 0 Å². The number of hydrogen-bond acceptors (Lipinski definition) is 5. The van der Waals surface area contributed by atoms with Crippen molar-refractivity contribution in [3.05, 3.63) is 92.7 Å². The Morgan fingerprint density at radius 1 is 1.26 bits per heavy atom. The van der Waals surface area contributed by atoms with E-state index in [9.17, 15) is 23.1 Å². The zero-order chi connectivity index (χ0) is 25.2. The number of guanidine groups is 1. The number of likely N-dealkylation sites (N-methyl/N-ethyl adjacent to an activating group) is 1. The number of aromatic nitrogens is 1. The van der Waals surface area contributed by atoms with Crippen LogP contribution in [-0.2, 0) is 17.5 Å². The third-order valence-electron chi connectivity index (χ3n) is 5.47. The van der Waals surface area contributed by atoms with Gasteiger partial charge in [0, 0.05) is 19.8 Å². The first-order valence-electron chi connectivity index (χ1n) is 10.4. The highest BCUT2D eigenvalue weighted by molar-refractivity contribution is 7.15. The Labute approximate surface area is 208 Å². The third-order valence-corrected chi connectivity index (χ3v) is 6.69. The van der Waals surface area contributed by atoms with Crippen molar-refractivity contribution in [2.75, 3.05) is 13.6 Å². The highest BCUT2D eigenvalue weighted by Gasteiger charge is 2.39. The maximum atomic E-state index is 13.3. The number of rotatable bonds is 6. The molecule has 182 valence electrons. The second kappa shape index (κ2) is 10.1. The Kier molecular flexibility index (Phi) is 7.13. The van der Waals surface area contributed by atoms with E-state index in [1.54, 1.807) is 18.1 Å². The molecule has 1 fully saturated rings. The Morgan fingerprint density at radius 2 is 2.00 bits per heavy atom. The van der Waals surface area contributed by atoms with Crippen LogP contribution in [0.15, 0.2) is 71.7 Å². The van der Waals surface area contributed by atoms with Crippen molar-refractivity contribution in [3.8, 4) is 0 Å². The first kappa shape index (κ1) is 24.7. The quantitative estimate of drug-likeness (QED) is 0.253. The number of thiazole rings is 1. The van der Waals surface area contributed by atoms with Crippen LogP contribution >= 0.6 is 22.9 Å². The largest absolute Gasteiger partial charge is 0.494 e. The molecule has 0 aliphatic carbocycles. The summed E-state index contributed by atoms with van der Waals surface area (Å²) in [5, 5.41) is 11.3. The molecule has 1 saturated heterocycles. The topological polar surface area (TPSA) is 69.0 Å². The lowest BCUT2D eigenvalue weighted by molar-refractivity contribution is -0.137. The van der Waals surface area contributed by atoms with Gasteiger partial charge in [-0.05, 0) is 23.3 Å². The number of nitrogens with zero attached hydrogens (tertiary/aromatic N) is 4. The average molecular weight is 521 g/mol. The number of aliphatic hydroxyl groups is 1. The van der Waals surface area contributed by atoms with Gasteiger partial charge >= 0.3 is 6.18 Å². The smallest absolute Gasteiger partial charge is 0.416 e. The van der Waals surface area contributed by atoms with Crippen molar-refractivity contribution in [3.63, 3.8) is 0 Å². The summed E-state index contributed by atoms with van der Waals surface area (Å²) in [5.41, 5.74) is -0.358. The van der Waals surface area contributed by atoms with Gasteiger partial charge in [-0.25, -0.2) is 9.98 Å². The van der Waals surface area contributed by atoms with Gasteiger partial charge in [-0.3, -0.25) is 9.69 Å². The van der Waals surface area contributed by atoms with Gasteiger partial charge in [0.05, 0.1) is 28.6 Å². The molecule has 11 heteroatoms. The molecule has 4 rings (SSSR count). The maximum absolute atomic E-state index is 13.3. The minimum absolute atomic E-state index is 0.0645. The minimum Gasteiger partial charge on any atom is -0.494 e. The summed E-state index contributed by atoms with van der Waals surface area (Å²) in [6.07, 6.45) is -2.69. The fourth-order valence-electron chi connectivity index (χ4n) is 3.81. The van der Waals surface area contributed by atoms with Crippen LogP contribution in [0.25, 0.3) is 5.57 Å². The number of aldehydes is 1. The van der Waals surface area contributed by atoms with Gasteiger partial charge in [-0.15, -0.1) is 11.3 Å². The summed E-state index contributed by atoms with van der Waals surface area (Å²) >= 11 is 7.24. The van der Waals surface area contributed by atoms with Crippen LogP contribution in [0.1, 0.15) is 27.6 Å². The van der Waals surface area contributed by atoms with Gasteiger partial charge in [0.2, 0.25) is 11.8 Å². The van der Waals surface area contributed by atoms with Crippen molar-refractivity contribution >= 4 is 40.8 Å². The first-order chi connectivity index (χ1) is 16.7. The van der Waals surface area contributed by atoms with E-state index in [2.05, 4.69) is 9.98 Å². The highest BCUT2D eigenvalue weighted by Crippen LogP contribution is 2.38. The molecular formula is C24H20ClF3N4O2S. The Balaban J connectivity index is 1.82. The Bertz CT molecular complexity index is 1280. The SMILES string of the molecule is CN1CC(c2cnc(Cl)s2)N(/C(O)=C(\C=O)c2cccc(C(F)(F)F)c2)/C1=N/Cc1ccccc1. The number of alkyl halides is 3. The van der Waals surface area contributed by atoms with Gasteiger partial charge in [-0.2, -0.15) is 13.2 Å². The van der Waals surface area contributed by atoms with Crippen LogP contribution in [-0.4, -0.2) is 45.7 Å². The lowest BCUT2D eigenvalue weighted by atomic mass is 10.0. The molecule has 1 aromatic heterocycles. The van der Waals surface area contributed by atoms with Gasteiger partial charge < -0.3 is 10.0 Å². The third kappa shape index (κ3) is 5.33. The molecule has 1 atom stereocenters. The fraction of sp³-hybridized carbons (Fsp3) is 0.208. The Morgan fingerprint density at radius 3 is 2.63 bits per heavy atom. The molecule has 2 aromatic carbocycles. The van der Waals surface area contributed by atoms with Gasteiger partial charge in [0.15, 0.2) is 10.8 Å². The van der Waals surface area contributed by atoms with E-state index >= 15 is 0 Å². The standard InChI is InChI=1S/C24H20ClF3N4O2S/c1-31-13-19(20-12-29-22(25)35-20)32(23(31)30-11-15-6-3-2-4-7-15)21(34)18(14-33)16-8-5-9-17(10-16)24(26,27)28/h2-10,12,14,19,34H,11,13H2,1H3/b21-18-,30-23+. The number of hydrogen-bond donors (Lipinski definition) is 1. The minimum atomic E-state index is -4.60. The lowest BCUT2D eigenvalue weighted by Gasteiger charge is -2.25. The number of benzene rings is 2. The second-order valence-corrected chi connectivity index (χ2v) is 9.46. The Hall–Kier alpha value is -3.37. The molecule has 0 amide bonds. The highest BCUT2D eigenvalue weighted by atomic mass is 35.5. The number of halogens is 4. The molecule has 2 heterocycles. The molecule has 0 bridgehead atoms. The predicted octanol–water partition coefficient (Wildman–Crippen LogP) is 5.79. The fourth-order valence-corrected chi connectivity index (χ4v) is 4.85. The predicted molar refractivity (Wildman–Crippen MR) is 129 cm³/mol. The molecule has 1 aliphatic heterocycles. The van der Waals surface area contributed by atoms with Crippen molar-refractivity contribution in [1.29, 1.82) is 0 Å². The van der Waals surface area contributed by atoms with Gasteiger partial charge in [-0.1, -0.05) is 54.1 Å². The average Bonchev–Trinajstić information content (AvgIpc) is 3.41. The van der Waals surface area contributed by atoms with Crippen molar-refractivity contribution in [2.24, 2.45) is 4.99 Å². The molecule has 1 N–H and O–H groups in total. The summed E-state index contributed by atoms with van der Waals surface area (Å²) in [4.78, 5) is 24.7. The van der Waals surface area contributed by atoms with E-state index < -0.39 is 23.7 Å². The molecule has 0 radical (unpaired) electrons. The van der Waals surface area contributed by atoms with E-state index in [4.69, 9.17) is 11.6 Å². The maximum Gasteiger partial charge on any atom is 0.416 e. The zero-order valence-electron chi connectivity index (χ0n) is 18.4. The van der Waals surface area contributed by atoms with E-state index in [1.807, 2.05) is 30.3 Å². The van der Waals surface area contributed by atoms with Crippen molar-refractivity contribution in [1.82, 2.24) is 14.8 Å². The molecule has 1 unspecified atom stereocenters. The lowest BCUT2D eigenvalue weighted by Crippen LogP contribution is -2.33. The summed E-state index contributed by atoms with van der Waals surface area (Å²) < 4.78 is 40.1. The van der Waals surface area contributed by atoms with Crippen LogP contribution in [0.4, 0.5) is 13.2 Å². The monoisotopic (exact) mass is 520 g/mol. The number of carbonyl (C=O) groups is 1. The first-order valence-corrected chi connectivity index (χ1v) is 11.6. The molecule has 1 aliphatic rings. The van der Waals surface area contributed by atoms with Crippen LogP contribution in [0.5, 0.6) is 0 Å². The van der Waals surface area contributed by atoms with E-state index in [0.717, 1.165) is 17.7 Å². The summed E-state index contributed by atoms with van der Waals surface area (Å²) in [6, 6.07) is 13.2. The molecule has 0 saturated carbocycles. The van der Waals surface area contributed by atoms with E-state index in [1.165, 1.54) is 28.4 Å². The molecular weight excluding hydrogens is 501 g/mol. The van der Waals surface area contributed by atoms with E-state index in [0.29, 0.717) is 34.7 Å². The van der Waals surface area contributed by atoms with Crippen molar-refractivity contribution in [2.45, 2.75) is 18.8 Å². The summed E-state index contributed by atoms with van der Waals surface area (Å²) in [5.74, 6) is -0.155. The number of carbonyl (C=O) groups excluding carboxylic acids is 1. The number of aliphatic hydroxyl groups excluding tert-OH is 1. The zero-order valence-corrected chi connectivity index (χ0v) is 20.0. The van der Waals surface area contributed by atoms with Crippen LogP contribution in [0.3, 0.4) is 0 Å². The molecule has 3 aromatic rings. The van der Waals surface area contributed by atoms with Gasteiger partial charge in [0.25, 0.3) is 0 Å². The number of aliphatic imine (C=N–C) groups is 1. The second-order valence-electron chi connectivity index (χ2n) is 7.82.